The lowest BCUT2D eigenvalue weighted by atomic mass is 10.1. The average molecular weight is 457 g/mol. The van der Waals surface area contributed by atoms with Gasteiger partial charge < -0.3 is 9.55 Å². The summed E-state index contributed by atoms with van der Waals surface area (Å²) in [7, 11) is 0. The predicted molar refractivity (Wildman–Crippen MR) is 120 cm³/mol. The summed E-state index contributed by atoms with van der Waals surface area (Å²) >= 11 is 12.8. The highest BCUT2D eigenvalue weighted by molar-refractivity contribution is 6.45. The van der Waals surface area contributed by atoms with Crippen LogP contribution in [0.5, 0.6) is 0 Å². The topological polar surface area (TPSA) is 46.5 Å². The summed E-state index contributed by atoms with van der Waals surface area (Å²) in [6, 6.07) is 10.3. The van der Waals surface area contributed by atoms with Crippen molar-refractivity contribution < 1.29 is 8.78 Å². The minimum Gasteiger partial charge on any atom is -0.338 e. The normalized spacial score (nSPS) is 12.7. The van der Waals surface area contributed by atoms with E-state index in [0.717, 1.165) is 17.7 Å². The Bertz CT molecular complexity index is 1420. The van der Waals surface area contributed by atoms with Gasteiger partial charge >= 0.3 is 0 Å². The molecule has 1 N–H and O–H groups in total. The van der Waals surface area contributed by atoms with Crippen molar-refractivity contribution >= 4 is 45.3 Å². The molecule has 1 atom stereocenters. The van der Waals surface area contributed by atoms with Crippen LogP contribution in [0.25, 0.3) is 33.5 Å². The second-order valence-electron chi connectivity index (χ2n) is 7.52. The molecule has 0 fully saturated rings. The van der Waals surface area contributed by atoms with E-state index in [0.29, 0.717) is 43.5 Å². The van der Waals surface area contributed by atoms with Crippen LogP contribution in [0.4, 0.5) is 8.78 Å². The summed E-state index contributed by atoms with van der Waals surface area (Å²) < 4.78 is 29.3. The number of nitrogens with one attached hydrogen (secondary N) is 1. The standard InChI is InChI=1S/C23H16Cl2F2N4/c1-11-3-5-13(6-4-11)12(2)31-10-14(20-21(25)15(24)9-28-23(20)31)22-29-18-7-16(26)17(27)8-19(18)30-22/h3-10,12H,1-2H3,(H,29,30). The summed E-state index contributed by atoms with van der Waals surface area (Å²) in [6.45, 7) is 4.09. The van der Waals surface area contributed by atoms with Crippen LogP contribution in [0.1, 0.15) is 24.1 Å². The SMILES string of the molecule is Cc1ccc(C(C)n2cc(-c3nc4cc(F)c(F)cc4[nH]3)c3c(Cl)c(Cl)cnc32)cc1. The summed E-state index contributed by atoms with van der Waals surface area (Å²) in [5.41, 5.74) is 4.24. The number of hydrogen-bond donors (Lipinski definition) is 1. The van der Waals surface area contributed by atoms with E-state index in [1.165, 1.54) is 11.8 Å². The van der Waals surface area contributed by atoms with E-state index < -0.39 is 11.6 Å². The first-order valence-electron chi connectivity index (χ1n) is 9.59. The molecule has 0 bridgehead atoms. The number of fused-ring (bicyclic) bond motifs is 2. The van der Waals surface area contributed by atoms with Gasteiger partial charge in [-0.2, -0.15) is 0 Å². The van der Waals surface area contributed by atoms with Gasteiger partial charge in [0.2, 0.25) is 0 Å². The number of benzene rings is 2. The molecular formula is C23H16Cl2F2N4. The zero-order valence-corrected chi connectivity index (χ0v) is 18.1. The second-order valence-corrected chi connectivity index (χ2v) is 8.31. The van der Waals surface area contributed by atoms with Gasteiger partial charge in [-0.05, 0) is 19.4 Å². The molecule has 2 aromatic carbocycles. The van der Waals surface area contributed by atoms with Gasteiger partial charge in [0.1, 0.15) is 11.5 Å². The quantitative estimate of drug-likeness (QED) is 0.315. The molecule has 0 aliphatic heterocycles. The number of aryl methyl sites for hydroxylation is 1. The van der Waals surface area contributed by atoms with E-state index in [1.807, 2.05) is 17.7 Å². The number of nitrogens with zero attached hydrogens (tertiary/aromatic N) is 3. The number of pyridine rings is 1. The third-order valence-electron chi connectivity index (χ3n) is 5.49. The number of halogens is 4. The molecule has 0 spiro atoms. The Morgan fingerprint density at radius 2 is 1.77 bits per heavy atom. The minimum atomic E-state index is -0.955. The monoisotopic (exact) mass is 456 g/mol. The first-order valence-corrected chi connectivity index (χ1v) is 10.4. The van der Waals surface area contributed by atoms with Gasteiger partial charge in [-0.3, -0.25) is 0 Å². The molecule has 8 heteroatoms. The maximum atomic E-state index is 13.7. The van der Waals surface area contributed by atoms with Gasteiger partial charge in [-0.25, -0.2) is 18.7 Å². The van der Waals surface area contributed by atoms with Gasteiger partial charge in [0.25, 0.3) is 0 Å². The van der Waals surface area contributed by atoms with Crippen molar-refractivity contribution in [2.75, 3.05) is 0 Å². The van der Waals surface area contributed by atoms with E-state index in [9.17, 15) is 8.78 Å². The average Bonchev–Trinajstić information content (AvgIpc) is 3.32. The van der Waals surface area contributed by atoms with Crippen molar-refractivity contribution in [2.24, 2.45) is 0 Å². The molecule has 0 amide bonds. The van der Waals surface area contributed by atoms with Gasteiger partial charge in [-0.15, -0.1) is 0 Å². The lowest BCUT2D eigenvalue weighted by molar-refractivity contribution is 0.510. The van der Waals surface area contributed by atoms with Crippen LogP contribution >= 0.6 is 23.2 Å². The maximum absolute atomic E-state index is 13.7. The Morgan fingerprint density at radius 1 is 1.06 bits per heavy atom. The molecule has 5 rings (SSSR count). The molecule has 3 heterocycles. The molecule has 0 aliphatic rings. The lowest BCUT2D eigenvalue weighted by Gasteiger charge is -2.15. The van der Waals surface area contributed by atoms with Gasteiger partial charge in [0, 0.05) is 30.1 Å². The summed E-state index contributed by atoms with van der Waals surface area (Å²) in [5, 5.41) is 1.27. The van der Waals surface area contributed by atoms with Crippen LogP contribution in [-0.2, 0) is 0 Å². The van der Waals surface area contributed by atoms with Gasteiger partial charge in [0.15, 0.2) is 11.6 Å². The molecule has 0 radical (unpaired) electrons. The zero-order valence-electron chi connectivity index (χ0n) is 16.5. The van der Waals surface area contributed by atoms with Crippen LogP contribution in [0, 0.1) is 18.6 Å². The molecule has 0 saturated heterocycles. The summed E-state index contributed by atoms with van der Waals surface area (Å²) in [6.07, 6.45) is 3.40. The van der Waals surface area contributed by atoms with E-state index >= 15 is 0 Å². The van der Waals surface area contributed by atoms with Crippen molar-refractivity contribution in [2.45, 2.75) is 19.9 Å². The molecule has 0 saturated carbocycles. The van der Waals surface area contributed by atoms with E-state index in [1.54, 1.807) is 0 Å². The highest BCUT2D eigenvalue weighted by Gasteiger charge is 2.22. The smallest absolute Gasteiger partial charge is 0.161 e. The van der Waals surface area contributed by atoms with Crippen molar-refractivity contribution in [1.29, 1.82) is 0 Å². The maximum Gasteiger partial charge on any atom is 0.161 e. The van der Waals surface area contributed by atoms with Crippen molar-refractivity contribution in [3.63, 3.8) is 0 Å². The first kappa shape index (κ1) is 20.0. The Kier molecular flexibility index (Phi) is 4.72. The van der Waals surface area contributed by atoms with Crippen LogP contribution < -0.4 is 0 Å². The number of aromatic nitrogens is 4. The van der Waals surface area contributed by atoms with Crippen molar-refractivity contribution in [3.05, 3.63) is 81.6 Å². The fourth-order valence-corrected chi connectivity index (χ4v) is 4.15. The van der Waals surface area contributed by atoms with E-state index in [2.05, 4.69) is 46.1 Å². The fourth-order valence-electron chi connectivity index (χ4n) is 3.77. The predicted octanol–water partition coefficient (Wildman–Crippen LogP) is 7.08. The largest absolute Gasteiger partial charge is 0.338 e. The molecule has 1 unspecified atom stereocenters. The molecule has 31 heavy (non-hydrogen) atoms. The number of rotatable bonds is 3. The van der Waals surface area contributed by atoms with Crippen LogP contribution in [0.2, 0.25) is 10.0 Å². The summed E-state index contributed by atoms with van der Waals surface area (Å²) in [5.74, 6) is -1.48. The Labute approximate surface area is 186 Å². The Hall–Kier alpha value is -2.96. The Morgan fingerprint density at radius 3 is 2.52 bits per heavy atom. The van der Waals surface area contributed by atoms with Crippen LogP contribution in [-0.4, -0.2) is 19.5 Å². The molecule has 4 nitrogen and oxygen atoms in total. The third kappa shape index (κ3) is 3.27. The second kappa shape index (κ2) is 7.32. The number of aromatic amines is 1. The van der Waals surface area contributed by atoms with Crippen molar-refractivity contribution in [1.82, 2.24) is 19.5 Å². The van der Waals surface area contributed by atoms with Crippen LogP contribution in [0.15, 0.2) is 48.8 Å². The lowest BCUT2D eigenvalue weighted by Crippen LogP contribution is -2.06. The first-order chi connectivity index (χ1) is 14.8. The Balaban J connectivity index is 1.75. The van der Waals surface area contributed by atoms with E-state index in [4.69, 9.17) is 23.2 Å². The summed E-state index contributed by atoms with van der Waals surface area (Å²) in [4.78, 5) is 12.0. The van der Waals surface area contributed by atoms with Gasteiger partial charge in [-0.1, -0.05) is 53.0 Å². The highest BCUT2D eigenvalue weighted by Crippen LogP contribution is 2.39. The zero-order chi connectivity index (χ0) is 21.9. The molecule has 3 aromatic heterocycles. The van der Waals surface area contributed by atoms with Crippen molar-refractivity contribution in [3.8, 4) is 11.4 Å². The molecule has 0 aliphatic carbocycles. The fraction of sp³-hybridized carbons (Fsp3) is 0.130. The number of H-pyrrole nitrogens is 1. The number of imidazole rings is 1. The minimum absolute atomic E-state index is 0.0548. The molecule has 5 aromatic rings. The van der Waals surface area contributed by atoms with Crippen LogP contribution in [0.3, 0.4) is 0 Å². The molecular weight excluding hydrogens is 441 g/mol. The third-order valence-corrected chi connectivity index (χ3v) is 6.27. The van der Waals surface area contributed by atoms with E-state index in [-0.39, 0.29) is 6.04 Å². The molecule has 156 valence electrons. The van der Waals surface area contributed by atoms with Gasteiger partial charge in [0.05, 0.1) is 32.5 Å². The number of hydrogen-bond acceptors (Lipinski definition) is 2. The highest BCUT2D eigenvalue weighted by atomic mass is 35.5.